The van der Waals surface area contributed by atoms with Gasteiger partial charge < -0.3 is 19.3 Å². The Morgan fingerprint density at radius 2 is 1.58 bits per heavy atom. The summed E-state index contributed by atoms with van der Waals surface area (Å²) < 4.78 is 10.5. The lowest BCUT2D eigenvalue weighted by molar-refractivity contribution is -0.0425. The number of hydrogen-bond donors (Lipinski definition) is 0. The van der Waals surface area contributed by atoms with E-state index in [1.54, 1.807) is 9.80 Å². The molecule has 0 radical (unpaired) electrons. The molecule has 0 aromatic rings. The first kappa shape index (κ1) is 14.0. The number of ether oxygens (including phenoxy) is 2. The molecule has 0 saturated carbocycles. The van der Waals surface area contributed by atoms with Gasteiger partial charge in [-0.2, -0.15) is 0 Å². The fourth-order valence-corrected chi connectivity index (χ4v) is 2.11. The highest BCUT2D eigenvalue weighted by Gasteiger charge is 2.37. The number of likely N-dealkylation sites (tertiary alicyclic amines) is 2. The van der Waals surface area contributed by atoms with Gasteiger partial charge >= 0.3 is 12.2 Å². The van der Waals surface area contributed by atoms with Gasteiger partial charge in [0.05, 0.1) is 13.1 Å². The fourth-order valence-electron chi connectivity index (χ4n) is 2.11. The van der Waals surface area contributed by atoms with Crippen LogP contribution in [0.15, 0.2) is 0 Å². The molecule has 19 heavy (non-hydrogen) atoms. The zero-order valence-electron chi connectivity index (χ0n) is 11.8. The summed E-state index contributed by atoms with van der Waals surface area (Å²) in [5, 5.41) is 0. The van der Waals surface area contributed by atoms with Crippen molar-refractivity contribution in [1.82, 2.24) is 9.80 Å². The van der Waals surface area contributed by atoms with Gasteiger partial charge in [0.2, 0.25) is 0 Å². The molecule has 108 valence electrons. The Kier molecular flexibility index (Phi) is 3.87. The molecule has 6 nitrogen and oxygen atoms in total. The van der Waals surface area contributed by atoms with Crippen LogP contribution in [0.5, 0.6) is 0 Å². The molecule has 0 aromatic carbocycles. The highest BCUT2D eigenvalue weighted by atomic mass is 16.6. The van der Waals surface area contributed by atoms with Crippen LogP contribution in [0.3, 0.4) is 0 Å². The molecule has 2 heterocycles. The second-order valence-electron chi connectivity index (χ2n) is 6.09. The predicted molar refractivity (Wildman–Crippen MR) is 68.9 cm³/mol. The van der Waals surface area contributed by atoms with Crippen molar-refractivity contribution < 1.29 is 19.1 Å². The van der Waals surface area contributed by atoms with E-state index in [4.69, 9.17) is 9.47 Å². The monoisotopic (exact) mass is 270 g/mol. The molecule has 2 aliphatic rings. The van der Waals surface area contributed by atoms with E-state index in [-0.39, 0.29) is 18.3 Å². The molecule has 0 bridgehead atoms. The van der Waals surface area contributed by atoms with Gasteiger partial charge in [0.1, 0.15) is 11.7 Å². The molecule has 0 atom stereocenters. The van der Waals surface area contributed by atoms with Crippen molar-refractivity contribution in [3.05, 3.63) is 0 Å². The maximum absolute atomic E-state index is 11.7. The summed E-state index contributed by atoms with van der Waals surface area (Å²) in [6.45, 7) is 7.90. The molecule has 0 unspecified atom stereocenters. The zero-order valence-corrected chi connectivity index (χ0v) is 11.8. The molecule has 0 N–H and O–H groups in total. The van der Waals surface area contributed by atoms with Gasteiger partial charge in [0.25, 0.3) is 0 Å². The van der Waals surface area contributed by atoms with E-state index in [0.717, 1.165) is 25.9 Å². The standard InChI is InChI=1S/C13H22N2O4/c1-13(2,3)19-12(17)15-8-10(9-15)18-11(16)14-6-4-5-7-14/h10H,4-9H2,1-3H3. The third-order valence-corrected chi connectivity index (χ3v) is 3.13. The van der Waals surface area contributed by atoms with Gasteiger partial charge in [-0.1, -0.05) is 0 Å². The minimum atomic E-state index is -0.492. The van der Waals surface area contributed by atoms with Crippen molar-refractivity contribution in [2.75, 3.05) is 26.2 Å². The molecule has 6 heteroatoms. The van der Waals surface area contributed by atoms with Crippen LogP contribution < -0.4 is 0 Å². The Morgan fingerprint density at radius 3 is 2.11 bits per heavy atom. The minimum Gasteiger partial charge on any atom is -0.444 e. The number of hydrogen-bond acceptors (Lipinski definition) is 4. The molecule has 2 fully saturated rings. The minimum absolute atomic E-state index is 0.194. The van der Waals surface area contributed by atoms with Crippen LogP contribution in [0, 0.1) is 0 Å². The second-order valence-corrected chi connectivity index (χ2v) is 6.09. The number of carbonyl (C=O) groups is 2. The van der Waals surface area contributed by atoms with Crippen molar-refractivity contribution in [2.24, 2.45) is 0 Å². The average molecular weight is 270 g/mol. The maximum Gasteiger partial charge on any atom is 0.410 e. The molecule has 0 aromatic heterocycles. The van der Waals surface area contributed by atoms with E-state index in [1.165, 1.54) is 0 Å². The van der Waals surface area contributed by atoms with Crippen molar-refractivity contribution in [3.63, 3.8) is 0 Å². The Morgan fingerprint density at radius 1 is 1.00 bits per heavy atom. The summed E-state index contributed by atoms with van der Waals surface area (Å²) in [5.41, 5.74) is -0.492. The van der Waals surface area contributed by atoms with Gasteiger partial charge in [-0.3, -0.25) is 0 Å². The smallest absolute Gasteiger partial charge is 0.410 e. The number of amides is 2. The number of nitrogens with zero attached hydrogens (tertiary/aromatic N) is 2. The second kappa shape index (κ2) is 5.27. The Balaban J connectivity index is 1.68. The van der Waals surface area contributed by atoms with Crippen molar-refractivity contribution >= 4 is 12.2 Å². The summed E-state index contributed by atoms with van der Waals surface area (Å²) in [4.78, 5) is 26.7. The van der Waals surface area contributed by atoms with Crippen LogP contribution in [-0.2, 0) is 9.47 Å². The molecule has 2 aliphatic heterocycles. The van der Waals surface area contributed by atoms with E-state index >= 15 is 0 Å². The Bertz CT molecular complexity index is 352. The van der Waals surface area contributed by atoms with E-state index in [0.29, 0.717) is 13.1 Å². The molecule has 2 saturated heterocycles. The van der Waals surface area contributed by atoms with E-state index in [9.17, 15) is 9.59 Å². The summed E-state index contributed by atoms with van der Waals surface area (Å²) in [6.07, 6.45) is 1.29. The van der Waals surface area contributed by atoms with Crippen LogP contribution in [0.1, 0.15) is 33.6 Å². The van der Waals surface area contributed by atoms with Gasteiger partial charge in [-0.25, -0.2) is 9.59 Å². The molecule has 2 rings (SSSR count). The lowest BCUT2D eigenvalue weighted by Crippen LogP contribution is -2.57. The van der Waals surface area contributed by atoms with Crippen LogP contribution in [0.4, 0.5) is 9.59 Å². The molecule has 0 aliphatic carbocycles. The van der Waals surface area contributed by atoms with Gasteiger partial charge in [-0.05, 0) is 33.6 Å². The SMILES string of the molecule is CC(C)(C)OC(=O)N1CC(OC(=O)N2CCCC2)C1. The van der Waals surface area contributed by atoms with E-state index < -0.39 is 5.60 Å². The van der Waals surface area contributed by atoms with Gasteiger partial charge in [0.15, 0.2) is 0 Å². The summed E-state index contributed by atoms with van der Waals surface area (Å²) in [5.74, 6) is 0. The maximum atomic E-state index is 11.7. The van der Waals surface area contributed by atoms with Crippen LogP contribution >= 0.6 is 0 Å². The van der Waals surface area contributed by atoms with Gasteiger partial charge in [0, 0.05) is 13.1 Å². The Hall–Kier alpha value is -1.46. The topological polar surface area (TPSA) is 59.1 Å². The average Bonchev–Trinajstić information content (AvgIpc) is 2.72. The van der Waals surface area contributed by atoms with E-state index in [1.807, 2.05) is 20.8 Å². The summed E-state index contributed by atoms with van der Waals surface area (Å²) in [6, 6.07) is 0. The van der Waals surface area contributed by atoms with Crippen molar-refractivity contribution in [2.45, 2.75) is 45.3 Å². The normalized spacial score (nSPS) is 20.2. The Labute approximate surface area is 113 Å². The van der Waals surface area contributed by atoms with Gasteiger partial charge in [-0.15, -0.1) is 0 Å². The van der Waals surface area contributed by atoms with Crippen molar-refractivity contribution in [3.8, 4) is 0 Å². The van der Waals surface area contributed by atoms with Crippen LogP contribution in [0.2, 0.25) is 0 Å². The third kappa shape index (κ3) is 3.75. The van der Waals surface area contributed by atoms with Crippen LogP contribution in [0.25, 0.3) is 0 Å². The highest BCUT2D eigenvalue weighted by Crippen LogP contribution is 2.18. The van der Waals surface area contributed by atoms with E-state index in [2.05, 4.69) is 0 Å². The third-order valence-electron chi connectivity index (χ3n) is 3.13. The fraction of sp³-hybridized carbons (Fsp3) is 0.846. The number of rotatable bonds is 1. The first-order valence-corrected chi connectivity index (χ1v) is 6.78. The van der Waals surface area contributed by atoms with Crippen molar-refractivity contribution in [1.29, 1.82) is 0 Å². The lowest BCUT2D eigenvalue weighted by Gasteiger charge is -2.39. The highest BCUT2D eigenvalue weighted by molar-refractivity contribution is 5.71. The largest absolute Gasteiger partial charge is 0.444 e. The summed E-state index contributed by atoms with van der Waals surface area (Å²) >= 11 is 0. The lowest BCUT2D eigenvalue weighted by atomic mass is 10.2. The molecule has 0 spiro atoms. The molecular formula is C13H22N2O4. The quantitative estimate of drug-likeness (QED) is 0.729. The number of carbonyl (C=O) groups excluding carboxylic acids is 2. The van der Waals surface area contributed by atoms with Crippen LogP contribution in [-0.4, -0.2) is 59.9 Å². The molecule has 2 amide bonds. The predicted octanol–water partition coefficient (Wildman–Crippen LogP) is 1.84. The zero-order chi connectivity index (χ0) is 14.0. The summed E-state index contributed by atoms with van der Waals surface area (Å²) in [7, 11) is 0. The molecular weight excluding hydrogens is 248 g/mol. The first-order chi connectivity index (χ1) is 8.85. The first-order valence-electron chi connectivity index (χ1n) is 6.78.